The monoisotopic (exact) mass is 258 g/mol. The van der Waals surface area contributed by atoms with Crippen LogP contribution in [0.5, 0.6) is 0 Å². The third-order valence-corrected chi connectivity index (χ3v) is 3.13. The van der Waals surface area contributed by atoms with Crippen LogP contribution in [-0.4, -0.2) is 10.8 Å². The van der Waals surface area contributed by atoms with Crippen LogP contribution in [0.2, 0.25) is 0 Å². The summed E-state index contributed by atoms with van der Waals surface area (Å²) in [6, 6.07) is 10.1. The molecule has 0 amide bonds. The molecule has 0 aliphatic heterocycles. The van der Waals surface area contributed by atoms with Crippen LogP contribution in [0, 0.1) is 11.7 Å². The van der Waals surface area contributed by atoms with E-state index in [1.807, 2.05) is 30.3 Å². The van der Waals surface area contributed by atoms with Gasteiger partial charge in [0.25, 0.3) is 0 Å². The second-order valence-corrected chi connectivity index (χ2v) is 4.48. The molecule has 19 heavy (non-hydrogen) atoms. The molecule has 2 N–H and O–H groups in total. The van der Waals surface area contributed by atoms with Gasteiger partial charge < -0.3 is 5.73 Å². The highest BCUT2D eigenvalue weighted by atomic mass is 19.1. The Morgan fingerprint density at radius 1 is 1.26 bits per heavy atom. The number of nitrogens with zero attached hydrogens (tertiary/aromatic N) is 1. The lowest BCUT2D eigenvalue weighted by molar-refractivity contribution is 0.0912. The van der Waals surface area contributed by atoms with Gasteiger partial charge in [-0.1, -0.05) is 37.3 Å². The summed E-state index contributed by atoms with van der Waals surface area (Å²) < 4.78 is 13.1. The molecular formula is C15H15FN2O. The zero-order valence-corrected chi connectivity index (χ0v) is 10.6. The molecule has 0 fully saturated rings. The van der Waals surface area contributed by atoms with E-state index in [4.69, 9.17) is 5.73 Å². The molecule has 0 saturated carbocycles. The van der Waals surface area contributed by atoms with Gasteiger partial charge in [0, 0.05) is 23.7 Å². The Balaban J connectivity index is 2.20. The third kappa shape index (κ3) is 3.03. The summed E-state index contributed by atoms with van der Waals surface area (Å²) in [5.41, 5.74) is 7.21. The highest BCUT2D eigenvalue weighted by molar-refractivity contribution is 5.97. The van der Waals surface area contributed by atoms with Crippen molar-refractivity contribution in [3.63, 3.8) is 0 Å². The van der Waals surface area contributed by atoms with Gasteiger partial charge in [-0.3, -0.25) is 9.78 Å². The number of halogens is 1. The van der Waals surface area contributed by atoms with Crippen molar-refractivity contribution in [2.75, 3.05) is 0 Å². The van der Waals surface area contributed by atoms with Crippen LogP contribution in [0.15, 0.2) is 48.8 Å². The number of hydrogen-bond donors (Lipinski definition) is 1. The molecule has 2 rings (SSSR count). The Bertz CT molecular complexity index is 571. The third-order valence-electron chi connectivity index (χ3n) is 3.13. The lowest BCUT2D eigenvalue weighted by Crippen LogP contribution is -2.26. The number of hydrogen-bond acceptors (Lipinski definition) is 3. The number of ketones is 1. The standard InChI is InChI=1S/C15H15FN2O/c1-10(14(17)11-5-3-2-4-6-11)15(19)12-7-13(16)9-18-8-12/h2-10,14H,17H2,1H3. The lowest BCUT2D eigenvalue weighted by atomic mass is 9.89. The molecule has 2 aromatic rings. The van der Waals surface area contributed by atoms with Crippen molar-refractivity contribution in [1.29, 1.82) is 0 Å². The van der Waals surface area contributed by atoms with Crippen molar-refractivity contribution in [1.82, 2.24) is 4.98 Å². The highest BCUT2D eigenvalue weighted by Crippen LogP contribution is 2.22. The summed E-state index contributed by atoms with van der Waals surface area (Å²) in [6.07, 6.45) is 2.43. The maximum absolute atomic E-state index is 13.1. The molecule has 0 aliphatic carbocycles. The van der Waals surface area contributed by atoms with E-state index in [9.17, 15) is 9.18 Å². The average molecular weight is 258 g/mol. The maximum atomic E-state index is 13.1. The Kier molecular flexibility index (Phi) is 4.02. The van der Waals surface area contributed by atoms with Crippen molar-refractivity contribution in [2.24, 2.45) is 11.7 Å². The van der Waals surface area contributed by atoms with Crippen molar-refractivity contribution in [3.05, 3.63) is 65.7 Å². The fourth-order valence-corrected chi connectivity index (χ4v) is 1.94. The maximum Gasteiger partial charge on any atom is 0.169 e. The molecular weight excluding hydrogens is 243 g/mol. The fraction of sp³-hybridized carbons (Fsp3) is 0.200. The van der Waals surface area contributed by atoms with E-state index in [1.54, 1.807) is 6.92 Å². The molecule has 0 aliphatic rings. The number of pyridine rings is 1. The zero-order valence-electron chi connectivity index (χ0n) is 10.6. The van der Waals surface area contributed by atoms with E-state index >= 15 is 0 Å². The van der Waals surface area contributed by atoms with Gasteiger partial charge in [-0.05, 0) is 11.6 Å². The molecule has 1 aromatic heterocycles. The van der Waals surface area contributed by atoms with E-state index in [1.165, 1.54) is 12.3 Å². The lowest BCUT2D eigenvalue weighted by Gasteiger charge is -2.19. The summed E-state index contributed by atoms with van der Waals surface area (Å²) >= 11 is 0. The first-order valence-corrected chi connectivity index (χ1v) is 6.05. The van der Waals surface area contributed by atoms with Gasteiger partial charge in [-0.25, -0.2) is 4.39 Å². The number of Topliss-reactive ketones (excluding diaryl/α,β-unsaturated/α-hetero) is 1. The molecule has 1 heterocycles. The Morgan fingerprint density at radius 2 is 1.95 bits per heavy atom. The fourth-order valence-electron chi connectivity index (χ4n) is 1.94. The molecule has 2 atom stereocenters. The van der Waals surface area contributed by atoms with Crippen LogP contribution in [-0.2, 0) is 0 Å². The van der Waals surface area contributed by atoms with Gasteiger partial charge in [-0.2, -0.15) is 0 Å². The van der Waals surface area contributed by atoms with Crippen LogP contribution >= 0.6 is 0 Å². The predicted molar refractivity (Wildman–Crippen MR) is 71.1 cm³/mol. The molecule has 4 heteroatoms. The van der Waals surface area contributed by atoms with Crippen LogP contribution in [0.1, 0.15) is 28.9 Å². The quantitative estimate of drug-likeness (QED) is 0.858. The number of aromatic nitrogens is 1. The summed E-state index contributed by atoms with van der Waals surface area (Å²) in [5, 5.41) is 0. The Morgan fingerprint density at radius 3 is 2.58 bits per heavy atom. The molecule has 1 aromatic carbocycles. The SMILES string of the molecule is CC(C(=O)c1cncc(F)c1)C(N)c1ccccc1. The minimum absolute atomic E-state index is 0.205. The summed E-state index contributed by atoms with van der Waals surface area (Å²) in [5.74, 6) is -1.17. The largest absolute Gasteiger partial charge is 0.323 e. The van der Waals surface area contributed by atoms with Crippen molar-refractivity contribution in [2.45, 2.75) is 13.0 Å². The van der Waals surface area contributed by atoms with Crippen LogP contribution < -0.4 is 5.73 Å². The summed E-state index contributed by atoms with van der Waals surface area (Å²) in [7, 11) is 0. The number of carbonyl (C=O) groups excluding carboxylic acids is 1. The van der Waals surface area contributed by atoms with Crippen LogP contribution in [0.3, 0.4) is 0 Å². The van der Waals surface area contributed by atoms with Crippen LogP contribution in [0.4, 0.5) is 4.39 Å². The minimum Gasteiger partial charge on any atom is -0.323 e. The van der Waals surface area contributed by atoms with E-state index < -0.39 is 17.8 Å². The van der Waals surface area contributed by atoms with E-state index in [0.717, 1.165) is 11.8 Å². The Labute approximate surface area is 111 Å². The van der Waals surface area contributed by atoms with E-state index in [0.29, 0.717) is 0 Å². The molecule has 2 unspecified atom stereocenters. The second-order valence-electron chi connectivity index (χ2n) is 4.48. The van der Waals surface area contributed by atoms with Gasteiger partial charge in [0.15, 0.2) is 5.78 Å². The summed E-state index contributed by atoms with van der Waals surface area (Å²) in [6.45, 7) is 1.74. The first-order valence-electron chi connectivity index (χ1n) is 6.05. The van der Waals surface area contributed by atoms with Gasteiger partial charge >= 0.3 is 0 Å². The van der Waals surface area contributed by atoms with Crippen LogP contribution in [0.25, 0.3) is 0 Å². The molecule has 0 spiro atoms. The van der Waals surface area contributed by atoms with Crippen molar-refractivity contribution < 1.29 is 9.18 Å². The second kappa shape index (κ2) is 5.71. The molecule has 0 radical (unpaired) electrons. The number of rotatable bonds is 4. The average Bonchev–Trinajstić information content (AvgIpc) is 2.46. The summed E-state index contributed by atoms with van der Waals surface area (Å²) in [4.78, 5) is 15.9. The topological polar surface area (TPSA) is 56.0 Å². The highest BCUT2D eigenvalue weighted by Gasteiger charge is 2.23. The zero-order chi connectivity index (χ0) is 13.8. The number of nitrogens with two attached hydrogens (primary N) is 1. The molecule has 98 valence electrons. The van der Waals surface area contributed by atoms with E-state index in [2.05, 4.69) is 4.98 Å². The van der Waals surface area contributed by atoms with Gasteiger partial charge in [-0.15, -0.1) is 0 Å². The van der Waals surface area contributed by atoms with Crippen molar-refractivity contribution >= 4 is 5.78 Å². The minimum atomic E-state index is -0.522. The van der Waals surface area contributed by atoms with Crippen molar-refractivity contribution in [3.8, 4) is 0 Å². The Hall–Kier alpha value is -2.07. The van der Waals surface area contributed by atoms with Gasteiger partial charge in [0.05, 0.1) is 6.20 Å². The molecule has 0 bridgehead atoms. The molecule has 3 nitrogen and oxygen atoms in total. The normalized spacial score (nSPS) is 13.8. The van der Waals surface area contributed by atoms with E-state index in [-0.39, 0.29) is 11.3 Å². The predicted octanol–water partition coefficient (Wildman–Crippen LogP) is 2.74. The smallest absolute Gasteiger partial charge is 0.169 e. The number of carbonyl (C=O) groups is 1. The van der Waals surface area contributed by atoms with Gasteiger partial charge in [0.1, 0.15) is 5.82 Å². The molecule has 0 saturated heterocycles. The number of benzene rings is 1. The first kappa shape index (κ1) is 13.4. The van der Waals surface area contributed by atoms with Gasteiger partial charge in [0.2, 0.25) is 0 Å². The first-order chi connectivity index (χ1) is 9.09.